The van der Waals surface area contributed by atoms with Gasteiger partial charge in [-0.25, -0.2) is 0 Å². The minimum Gasteiger partial charge on any atom is -0.390 e. The van der Waals surface area contributed by atoms with Gasteiger partial charge in [0.1, 0.15) is 12.1 Å². The lowest BCUT2D eigenvalue weighted by molar-refractivity contribution is -0.131. The zero-order chi connectivity index (χ0) is 25.5. The fourth-order valence-corrected chi connectivity index (χ4v) is 4.53. The molecule has 1 fully saturated rings. The average molecular weight is 489 g/mol. The summed E-state index contributed by atoms with van der Waals surface area (Å²) in [5, 5.41) is 17.5. The van der Waals surface area contributed by atoms with Gasteiger partial charge >= 0.3 is 0 Å². The number of hydrogen-bond donors (Lipinski definition) is 4. The second-order valence-corrected chi connectivity index (χ2v) is 9.10. The Hall–Kier alpha value is -3.75. The van der Waals surface area contributed by atoms with Crippen molar-refractivity contribution in [3.63, 3.8) is 0 Å². The third kappa shape index (κ3) is 6.08. The van der Waals surface area contributed by atoms with E-state index in [-0.39, 0.29) is 31.3 Å². The number of aliphatic hydroxyl groups excluding tert-OH is 1. The Morgan fingerprint density at radius 1 is 1.00 bits per heavy atom. The van der Waals surface area contributed by atoms with E-state index in [2.05, 4.69) is 10.6 Å². The molecule has 3 aromatic rings. The lowest BCUT2D eigenvalue weighted by Crippen LogP contribution is -2.54. The highest BCUT2D eigenvalue weighted by molar-refractivity contribution is 5.98. The van der Waals surface area contributed by atoms with Crippen LogP contribution in [0.3, 0.4) is 0 Å². The lowest BCUT2D eigenvalue weighted by Gasteiger charge is -2.27. The van der Waals surface area contributed by atoms with Gasteiger partial charge in [0.25, 0.3) is 5.91 Å². The molecule has 0 aliphatic carbocycles. The zero-order valence-electron chi connectivity index (χ0n) is 20.1. The van der Waals surface area contributed by atoms with Gasteiger partial charge in [-0.1, -0.05) is 60.7 Å². The van der Waals surface area contributed by atoms with Gasteiger partial charge in [0.2, 0.25) is 11.8 Å². The Morgan fingerprint density at radius 3 is 2.47 bits per heavy atom. The van der Waals surface area contributed by atoms with Crippen LogP contribution in [0.1, 0.15) is 28.8 Å². The number of nitrogens with zero attached hydrogens (tertiary/aromatic N) is 1. The topological polar surface area (TPSA) is 125 Å². The summed E-state index contributed by atoms with van der Waals surface area (Å²) in [5.74, 6) is -0.977. The summed E-state index contributed by atoms with van der Waals surface area (Å²) in [6, 6.07) is 21.2. The molecule has 1 unspecified atom stereocenters. The Labute approximate surface area is 210 Å². The smallest absolute Gasteiger partial charge is 0.254 e. The van der Waals surface area contributed by atoms with Crippen LogP contribution >= 0.6 is 0 Å². The van der Waals surface area contributed by atoms with E-state index >= 15 is 0 Å². The maximum atomic E-state index is 13.3. The summed E-state index contributed by atoms with van der Waals surface area (Å²) in [6.07, 6.45) is 0.627. The molecule has 8 heteroatoms. The third-order valence-corrected chi connectivity index (χ3v) is 6.51. The number of amides is 3. The molecule has 0 bridgehead atoms. The molecule has 1 heterocycles. The molecule has 1 aliphatic rings. The summed E-state index contributed by atoms with van der Waals surface area (Å²) >= 11 is 0. The summed E-state index contributed by atoms with van der Waals surface area (Å²) < 4.78 is 0. The molecule has 0 saturated carbocycles. The van der Waals surface area contributed by atoms with Gasteiger partial charge in [-0.2, -0.15) is 0 Å². The van der Waals surface area contributed by atoms with Crippen LogP contribution in [-0.2, 0) is 16.0 Å². The van der Waals surface area contributed by atoms with Crippen LogP contribution in [0.2, 0.25) is 0 Å². The molecular weight excluding hydrogens is 456 g/mol. The molecule has 36 heavy (non-hydrogen) atoms. The van der Waals surface area contributed by atoms with Crippen LogP contribution in [-0.4, -0.2) is 65.5 Å². The second kappa shape index (κ2) is 11.8. The number of nitrogens with two attached hydrogens (primary N) is 1. The van der Waals surface area contributed by atoms with Crippen LogP contribution in [0.15, 0.2) is 72.8 Å². The van der Waals surface area contributed by atoms with Gasteiger partial charge in [0.05, 0.1) is 6.10 Å². The molecule has 8 nitrogen and oxygen atoms in total. The van der Waals surface area contributed by atoms with Crippen molar-refractivity contribution >= 4 is 28.5 Å². The lowest BCUT2D eigenvalue weighted by atomic mass is 10.0. The monoisotopic (exact) mass is 488 g/mol. The van der Waals surface area contributed by atoms with E-state index in [1.54, 1.807) is 29.2 Å². The van der Waals surface area contributed by atoms with Gasteiger partial charge in [0, 0.05) is 31.6 Å². The molecule has 188 valence electrons. The standard InChI is InChI=1S/C28H32N4O4/c29-17-23(33)18-30-26(34)24(16-19-12-13-20-7-4-5-10-22(20)15-19)31-27(35)25-11-6-14-32(25)28(36)21-8-2-1-3-9-21/h1-5,7-10,12-13,15,23-25,33H,6,11,14,16-18,29H2,(H,30,34)(H,31,35)/t23?,24-,25+/m1/s1. The predicted octanol–water partition coefficient (Wildman–Crippen LogP) is 1.61. The van der Waals surface area contributed by atoms with Crippen LogP contribution < -0.4 is 16.4 Å². The first-order chi connectivity index (χ1) is 17.5. The number of benzene rings is 3. The minimum absolute atomic E-state index is 0.0124. The van der Waals surface area contributed by atoms with Crippen molar-refractivity contribution in [1.29, 1.82) is 0 Å². The highest BCUT2D eigenvalue weighted by Gasteiger charge is 2.36. The first-order valence-electron chi connectivity index (χ1n) is 12.3. The Bertz CT molecular complexity index is 1220. The molecule has 4 rings (SSSR count). The third-order valence-electron chi connectivity index (χ3n) is 6.51. The van der Waals surface area contributed by atoms with Crippen LogP contribution in [0.5, 0.6) is 0 Å². The maximum Gasteiger partial charge on any atom is 0.254 e. The van der Waals surface area contributed by atoms with Crippen molar-refractivity contribution in [1.82, 2.24) is 15.5 Å². The molecule has 0 spiro atoms. The van der Waals surface area contributed by atoms with Crippen LogP contribution in [0.25, 0.3) is 10.8 Å². The molecule has 0 radical (unpaired) electrons. The van der Waals surface area contributed by atoms with Gasteiger partial charge < -0.3 is 26.4 Å². The van der Waals surface area contributed by atoms with Gasteiger partial charge in [-0.05, 0) is 41.3 Å². The Balaban J connectivity index is 1.51. The highest BCUT2D eigenvalue weighted by Crippen LogP contribution is 2.21. The first kappa shape index (κ1) is 25.3. The van der Waals surface area contributed by atoms with E-state index in [0.29, 0.717) is 24.9 Å². The second-order valence-electron chi connectivity index (χ2n) is 9.10. The average Bonchev–Trinajstić information content (AvgIpc) is 3.41. The van der Waals surface area contributed by atoms with Crippen molar-refractivity contribution in [3.8, 4) is 0 Å². The van der Waals surface area contributed by atoms with E-state index in [4.69, 9.17) is 5.73 Å². The fourth-order valence-electron chi connectivity index (χ4n) is 4.53. The first-order valence-corrected chi connectivity index (χ1v) is 12.3. The maximum absolute atomic E-state index is 13.3. The van der Waals surface area contributed by atoms with Crippen LogP contribution in [0.4, 0.5) is 0 Å². The van der Waals surface area contributed by atoms with Crippen LogP contribution in [0, 0.1) is 0 Å². The number of rotatable bonds is 9. The van der Waals surface area contributed by atoms with Crippen molar-refractivity contribution in [3.05, 3.63) is 83.9 Å². The molecule has 1 aliphatic heterocycles. The quantitative estimate of drug-likeness (QED) is 0.364. The summed E-state index contributed by atoms with van der Waals surface area (Å²) in [4.78, 5) is 41.0. The number of fused-ring (bicyclic) bond motifs is 1. The molecule has 3 amide bonds. The Morgan fingerprint density at radius 2 is 1.72 bits per heavy atom. The van der Waals surface area contributed by atoms with Gasteiger partial charge in [-0.3, -0.25) is 14.4 Å². The van der Waals surface area contributed by atoms with E-state index in [0.717, 1.165) is 16.3 Å². The SMILES string of the molecule is NCC(O)CNC(=O)[C@@H](Cc1ccc2ccccc2c1)NC(=O)[C@@H]1CCCN1C(=O)c1ccccc1. The molecule has 0 aromatic heterocycles. The predicted molar refractivity (Wildman–Crippen MR) is 138 cm³/mol. The number of carbonyl (C=O) groups excluding carboxylic acids is 3. The highest BCUT2D eigenvalue weighted by atomic mass is 16.3. The molecule has 3 aromatic carbocycles. The molecule has 5 N–H and O–H groups in total. The van der Waals surface area contributed by atoms with Crippen molar-refractivity contribution in [2.45, 2.75) is 37.5 Å². The van der Waals surface area contributed by atoms with Crippen molar-refractivity contribution in [2.75, 3.05) is 19.6 Å². The normalized spacial score (nSPS) is 16.9. The number of nitrogens with one attached hydrogen (secondary N) is 2. The molecular formula is C28H32N4O4. The van der Waals surface area contributed by atoms with Gasteiger partial charge in [-0.15, -0.1) is 0 Å². The number of aliphatic hydroxyl groups is 1. The molecule has 1 saturated heterocycles. The zero-order valence-corrected chi connectivity index (χ0v) is 20.1. The molecule has 3 atom stereocenters. The van der Waals surface area contributed by atoms with Crippen molar-refractivity contribution in [2.24, 2.45) is 5.73 Å². The van der Waals surface area contributed by atoms with E-state index in [1.807, 2.05) is 48.5 Å². The van der Waals surface area contributed by atoms with E-state index < -0.39 is 24.1 Å². The number of hydrogen-bond acceptors (Lipinski definition) is 5. The summed E-state index contributed by atoms with van der Waals surface area (Å²) in [6.45, 7) is 0.484. The largest absolute Gasteiger partial charge is 0.390 e. The summed E-state index contributed by atoms with van der Waals surface area (Å²) in [7, 11) is 0. The Kier molecular flexibility index (Phi) is 8.30. The fraction of sp³-hybridized carbons (Fsp3) is 0.321. The van der Waals surface area contributed by atoms with E-state index in [1.165, 1.54) is 0 Å². The van der Waals surface area contributed by atoms with Crippen molar-refractivity contribution < 1.29 is 19.5 Å². The summed E-state index contributed by atoms with van der Waals surface area (Å²) in [5.41, 5.74) is 6.87. The number of carbonyl (C=O) groups is 3. The number of likely N-dealkylation sites (tertiary alicyclic amines) is 1. The van der Waals surface area contributed by atoms with Gasteiger partial charge in [0.15, 0.2) is 0 Å². The minimum atomic E-state index is -0.877. The van der Waals surface area contributed by atoms with E-state index in [9.17, 15) is 19.5 Å².